The molecule has 1 unspecified atom stereocenters. The van der Waals surface area contributed by atoms with Crippen LogP contribution in [0.1, 0.15) is 69.7 Å². The molecule has 1 aromatic heterocycles. The maximum atomic E-state index is 13.3. The smallest absolute Gasteiger partial charge is 0.410 e. The Kier molecular flexibility index (Phi) is 7.43. The molecule has 0 spiro atoms. The molecule has 214 valence electrons. The number of ether oxygens (including phenoxy) is 1. The van der Waals surface area contributed by atoms with Gasteiger partial charge in [0.2, 0.25) is 15.9 Å². The van der Waals surface area contributed by atoms with Gasteiger partial charge in [-0.3, -0.25) is 9.69 Å². The highest BCUT2D eigenvalue weighted by molar-refractivity contribution is 7.89. The van der Waals surface area contributed by atoms with Gasteiger partial charge in [0.25, 0.3) is 0 Å². The Labute approximate surface area is 236 Å². The lowest BCUT2D eigenvalue weighted by atomic mass is 10.1. The average molecular weight is 567 g/mol. The first-order valence-electron chi connectivity index (χ1n) is 13.9. The molecule has 2 aliphatic rings. The third kappa shape index (κ3) is 5.60. The summed E-state index contributed by atoms with van der Waals surface area (Å²) >= 11 is 0. The second-order valence-electron chi connectivity index (χ2n) is 11.8. The number of hydrogen-bond acceptors (Lipinski definition) is 5. The predicted octanol–water partition coefficient (Wildman–Crippen LogP) is 5.57. The number of nitrogens with zero attached hydrogens (tertiary/aromatic N) is 3. The molecule has 0 bridgehead atoms. The Morgan fingerprint density at radius 2 is 1.68 bits per heavy atom. The van der Waals surface area contributed by atoms with E-state index in [2.05, 4.69) is 5.32 Å². The van der Waals surface area contributed by atoms with Crippen LogP contribution in [0.2, 0.25) is 0 Å². The number of rotatable bonds is 5. The van der Waals surface area contributed by atoms with E-state index in [1.165, 1.54) is 0 Å². The molecule has 5 rings (SSSR count). The molecule has 3 heterocycles. The summed E-state index contributed by atoms with van der Waals surface area (Å²) in [5, 5.41) is 3.82. The summed E-state index contributed by atoms with van der Waals surface area (Å²) in [6, 6.07) is 10.3. The Hall–Kier alpha value is -3.37. The fourth-order valence-corrected chi connectivity index (χ4v) is 6.98. The third-order valence-corrected chi connectivity index (χ3v) is 9.50. The number of benzene rings is 2. The number of aromatic nitrogens is 1. The Bertz CT molecular complexity index is 1560. The topological polar surface area (TPSA) is 101 Å². The fourth-order valence-electron chi connectivity index (χ4n) is 5.44. The van der Waals surface area contributed by atoms with Gasteiger partial charge < -0.3 is 14.6 Å². The van der Waals surface area contributed by atoms with Gasteiger partial charge in [0.15, 0.2) is 0 Å². The van der Waals surface area contributed by atoms with Crippen molar-refractivity contribution >= 4 is 38.6 Å². The summed E-state index contributed by atoms with van der Waals surface area (Å²) in [4.78, 5) is 27.7. The van der Waals surface area contributed by atoms with Crippen molar-refractivity contribution in [3.05, 3.63) is 59.3 Å². The van der Waals surface area contributed by atoms with Crippen LogP contribution in [0.5, 0.6) is 0 Å². The molecule has 9 nitrogen and oxygen atoms in total. The first-order chi connectivity index (χ1) is 18.8. The summed E-state index contributed by atoms with van der Waals surface area (Å²) in [5.41, 5.74) is 3.81. The van der Waals surface area contributed by atoms with Crippen molar-refractivity contribution in [2.75, 3.05) is 18.4 Å². The zero-order valence-electron chi connectivity index (χ0n) is 23.9. The van der Waals surface area contributed by atoms with Gasteiger partial charge in [-0.1, -0.05) is 12.5 Å². The third-order valence-electron chi connectivity index (χ3n) is 7.60. The molecule has 2 aromatic carbocycles. The van der Waals surface area contributed by atoms with Crippen LogP contribution in [-0.4, -0.2) is 52.9 Å². The lowest BCUT2D eigenvalue weighted by Gasteiger charge is -2.26. The van der Waals surface area contributed by atoms with Crippen LogP contribution in [0, 0.1) is 6.92 Å². The monoisotopic (exact) mass is 566 g/mol. The Morgan fingerprint density at radius 1 is 0.975 bits per heavy atom. The molecule has 2 aliphatic heterocycles. The van der Waals surface area contributed by atoms with Gasteiger partial charge in [-0.15, -0.1) is 0 Å². The SMILES string of the molecule is Cc1cn(C(C)C(=O)Nc2ccc3c(c2)CN(C(=O)OC(C)(C)C)C3)c2ccc(S(=O)(=O)N3CCCCC3)cc12. The summed E-state index contributed by atoms with van der Waals surface area (Å²) in [6.07, 6.45) is 4.37. The van der Waals surface area contributed by atoms with Crippen LogP contribution >= 0.6 is 0 Å². The molecule has 10 heteroatoms. The van der Waals surface area contributed by atoms with E-state index in [-0.39, 0.29) is 12.0 Å². The van der Waals surface area contributed by atoms with Gasteiger partial charge in [0, 0.05) is 49.0 Å². The maximum Gasteiger partial charge on any atom is 0.410 e. The highest BCUT2D eigenvalue weighted by atomic mass is 32.2. The van der Waals surface area contributed by atoms with Gasteiger partial charge in [0.05, 0.1) is 4.90 Å². The standard InChI is InChI=1S/C30H38N4O5S/c1-20-17-34(27-12-11-25(16-26(20)27)40(37,38)33-13-7-6-8-14-33)21(2)28(35)31-24-10-9-22-18-32(19-23(22)15-24)29(36)39-30(3,4)5/h9-12,15-17,21H,6-8,13-14,18-19H2,1-5H3,(H,31,35). The van der Waals surface area contributed by atoms with Crippen LogP contribution < -0.4 is 5.32 Å². The first-order valence-corrected chi connectivity index (χ1v) is 15.3. The molecule has 2 amide bonds. The van der Waals surface area contributed by atoms with Crippen LogP contribution in [0.3, 0.4) is 0 Å². The minimum absolute atomic E-state index is 0.191. The van der Waals surface area contributed by atoms with Crippen molar-refractivity contribution in [3.8, 4) is 0 Å². The zero-order chi connectivity index (χ0) is 28.8. The van der Waals surface area contributed by atoms with E-state index >= 15 is 0 Å². The molecule has 0 radical (unpaired) electrons. The molecule has 1 saturated heterocycles. The van der Waals surface area contributed by atoms with E-state index in [0.717, 1.165) is 46.9 Å². The van der Waals surface area contributed by atoms with Crippen molar-refractivity contribution in [1.29, 1.82) is 0 Å². The van der Waals surface area contributed by atoms with Gasteiger partial charge in [-0.2, -0.15) is 4.31 Å². The number of carbonyl (C=O) groups is 2. The van der Waals surface area contributed by atoms with Crippen molar-refractivity contribution < 1.29 is 22.7 Å². The first kappa shape index (κ1) is 28.2. The van der Waals surface area contributed by atoms with E-state index < -0.39 is 21.7 Å². The van der Waals surface area contributed by atoms with E-state index in [0.29, 0.717) is 36.8 Å². The molecular weight excluding hydrogens is 528 g/mol. The van der Waals surface area contributed by atoms with E-state index in [1.807, 2.05) is 63.6 Å². The lowest BCUT2D eigenvalue weighted by molar-refractivity contribution is -0.118. The van der Waals surface area contributed by atoms with E-state index in [1.54, 1.807) is 27.4 Å². The number of carbonyl (C=O) groups excluding carboxylic acids is 2. The second-order valence-corrected chi connectivity index (χ2v) is 13.8. The largest absolute Gasteiger partial charge is 0.444 e. The summed E-state index contributed by atoms with van der Waals surface area (Å²) in [5.74, 6) is -0.191. The van der Waals surface area contributed by atoms with Crippen molar-refractivity contribution in [1.82, 2.24) is 13.8 Å². The fraction of sp³-hybridized carbons (Fsp3) is 0.467. The summed E-state index contributed by atoms with van der Waals surface area (Å²) in [7, 11) is -3.55. The van der Waals surface area contributed by atoms with Crippen LogP contribution in [0.25, 0.3) is 10.9 Å². The molecule has 1 fully saturated rings. The van der Waals surface area contributed by atoms with E-state index in [9.17, 15) is 18.0 Å². The molecule has 0 aliphatic carbocycles. The van der Waals surface area contributed by atoms with Gasteiger partial charge in [-0.25, -0.2) is 13.2 Å². The zero-order valence-corrected chi connectivity index (χ0v) is 24.7. The maximum absolute atomic E-state index is 13.3. The number of anilines is 1. The number of amides is 2. The van der Waals surface area contributed by atoms with Crippen LogP contribution in [0.15, 0.2) is 47.5 Å². The number of aryl methyl sites for hydroxylation is 1. The number of fused-ring (bicyclic) bond motifs is 2. The summed E-state index contributed by atoms with van der Waals surface area (Å²) < 4.78 is 35.4. The molecule has 3 aromatic rings. The molecule has 1 atom stereocenters. The highest BCUT2D eigenvalue weighted by Gasteiger charge is 2.29. The number of hydrogen-bond donors (Lipinski definition) is 1. The van der Waals surface area contributed by atoms with Gasteiger partial charge in [-0.05, 0) is 94.5 Å². The molecule has 40 heavy (non-hydrogen) atoms. The summed E-state index contributed by atoms with van der Waals surface area (Å²) in [6.45, 7) is 11.3. The number of nitrogens with one attached hydrogen (secondary N) is 1. The lowest BCUT2D eigenvalue weighted by Crippen LogP contribution is -2.35. The molecular formula is C30H38N4O5S. The van der Waals surface area contributed by atoms with Gasteiger partial charge >= 0.3 is 6.09 Å². The Balaban J connectivity index is 1.31. The predicted molar refractivity (Wildman–Crippen MR) is 155 cm³/mol. The van der Waals surface area contributed by atoms with Crippen molar-refractivity contribution in [2.24, 2.45) is 0 Å². The molecule has 0 saturated carbocycles. The molecule has 1 N–H and O–H groups in total. The van der Waals surface area contributed by atoms with Gasteiger partial charge in [0.1, 0.15) is 11.6 Å². The normalized spacial score (nSPS) is 17.1. The second kappa shape index (κ2) is 10.6. The average Bonchev–Trinajstić information content (AvgIpc) is 3.48. The van der Waals surface area contributed by atoms with Crippen molar-refractivity contribution in [3.63, 3.8) is 0 Å². The minimum Gasteiger partial charge on any atom is -0.444 e. The highest BCUT2D eigenvalue weighted by Crippen LogP contribution is 2.31. The van der Waals surface area contributed by atoms with Crippen LogP contribution in [0.4, 0.5) is 10.5 Å². The number of sulfonamides is 1. The number of piperidine rings is 1. The Morgan fingerprint density at radius 3 is 2.38 bits per heavy atom. The quantitative estimate of drug-likeness (QED) is 0.435. The van der Waals surface area contributed by atoms with E-state index in [4.69, 9.17) is 4.74 Å². The van der Waals surface area contributed by atoms with Crippen LogP contribution in [-0.2, 0) is 32.6 Å². The van der Waals surface area contributed by atoms with Crippen molar-refractivity contribution in [2.45, 2.75) is 83.5 Å². The minimum atomic E-state index is -3.55.